The summed E-state index contributed by atoms with van der Waals surface area (Å²) in [6.07, 6.45) is -1.87. The molecule has 0 aliphatic carbocycles. The van der Waals surface area contributed by atoms with Gasteiger partial charge in [0.2, 0.25) is 0 Å². The lowest BCUT2D eigenvalue weighted by atomic mass is 9.93. The third kappa shape index (κ3) is 8.88. The molecule has 10 atom stereocenters. The van der Waals surface area contributed by atoms with Crippen LogP contribution in [0.1, 0.15) is 38.1 Å². The second-order valence-electron chi connectivity index (χ2n) is 11.1. The number of hydrogen-bond acceptors (Lipinski definition) is 9. The molecular formula is C35H44O7S2. The third-order valence-corrected chi connectivity index (χ3v) is 10.6. The molecule has 44 heavy (non-hydrogen) atoms. The van der Waals surface area contributed by atoms with Gasteiger partial charge in [0, 0.05) is 35.8 Å². The fourth-order valence-corrected chi connectivity index (χ4v) is 7.82. The topological polar surface area (TPSA) is 83.5 Å². The molecule has 0 radical (unpaired) electrons. The Bertz CT molecular complexity index is 1270. The van der Waals surface area contributed by atoms with Gasteiger partial charge in [0.1, 0.15) is 23.1 Å². The standard InChI is InChI=1S/C21H24O4S.C14H20O3S/c1-14-18(23-3)19(25-20(22)16-10-6-4-7-11-16)15(2)24-21(14)26-17-12-8-5-9-13-17;1-9-13(16-3)12(15)10(2)17-14(9)18-11-7-5-4-6-8-11/h4-15,18-19,21H,1-3H3;4-10,12-15H,1-3H3. The van der Waals surface area contributed by atoms with Crippen LogP contribution in [0.15, 0.2) is 101 Å². The average Bonchev–Trinajstić information content (AvgIpc) is 3.04. The molecule has 0 spiro atoms. The van der Waals surface area contributed by atoms with E-state index in [1.807, 2.05) is 68.4 Å². The molecule has 9 heteroatoms. The first kappa shape index (κ1) is 34.5. The van der Waals surface area contributed by atoms with Gasteiger partial charge in [-0.3, -0.25) is 0 Å². The highest BCUT2D eigenvalue weighted by molar-refractivity contribution is 8.00. The number of thioether (sulfide) groups is 2. The molecule has 10 unspecified atom stereocenters. The van der Waals surface area contributed by atoms with Gasteiger partial charge in [-0.15, -0.1) is 0 Å². The molecule has 0 amide bonds. The molecule has 3 aromatic carbocycles. The summed E-state index contributed by atoms with van der Waals surface area (Å²) >= 11 is 3.35. The summed E-state index contributed by atoms with van der Waals surface area (Å²) in [6.45, 7) is 7.95. The van der Waals surface area contributed by atoms with Crippen LogP contribution in [0.4, 0.5) is 0 Å². The van der Waals surface area contributed by atoms with Gasteiger partial charge in [0.05, 0.1) is 23.9 Å². The van der Waals surface area contributed by atoms with Crippen LogP contribution in [0.2, 0.25) is 0 Å². The molecule has 2 fully saturated rings. The fourth-order valence-electron chi connectivity index (χ4n) is 5.45. The third-order valence-electron chi connectivity index (χ3n) is 7.98. The van der Waals surface area contributed by atoms with E-state index in [4.69, 9.17) is 23.7 Å². The molecule has 5 rings (SSSR count). The van der Waals surface area contributed by atoms with Crippen molar-refractivity contribution in [2.24, 2.45) is 11.8 Å². The summed E-state index contributed by atoms with van der Waals surface area (Å²) in [4.78, 5) is 14.8. The minimum atomic E-state index is -0.558. The maximum absolute atomic E-state index is 12.5. The first-order valence-electron chi connectivity index (χ1n) is 15.0. The van der Waals surface area contributed by atoms with Crippen molar-refractivity contribution in [1.29, 1.82) is 0 Å². The van der Waals surface area contributed by atoms with Gasteiger partial charge in [0.25, 0.3) is 0 Å². The Morgan fingerprint density at radius 2 is 1.07 bits per heavy atom. The van der Waals surface area contributed by atoms with Crippen molar-refractivity contribution < 1.29 is 33.6 Å². The number of benzene rings is 3. The lowest BCUT2D eigenvalue weighted by Gasteiger charge is -2.43. The van der Waals surface area contributed by atoms with E-state index in [0.29, 0.717) is 5.56 Å². The number of aliphatic hydroxyl groups excluding tert-OH is 1. The average molecular weight is 641 g/mol. The number of esters is 1. The van der Waals surface area contributed by atoms with E-state index in [9.17, 15) is 9.90 Å². The molecule has 3 aromatic rings. The number of rotatable bonds is 8. The number of carbonyl (C=O) groups excluding carboxylic acids is 1. The zero-order valence-corrected chi connectivity index (χ0v) is 27.8. The Hall–Kier alpha value is -2.37. The van der Waals surface area contributed by atoms with Crippen molar-refractivity contribution in [3.05, 3.63) is 96.6 Å². The van der Waals surface area contributed by atoms with E-state index in [1.54, 1.807) is 49.9 Å². The first-order chi connectivity index (χ1) is 21.2. The smallest absolute Gasteiger partial charge is 0.338 e. The predicted octanol–water partition coefficient (Wildman–Crippen LogP) is 6.94. The maximum Gasteiger partial charge on any atom is 0.338 e. The number of hydrogen-bond donors (Lipinski definition) is 1. The van der Waals surface area contributed by atoms with Crippen LogP contribution >= 0.6 is 23.5 Å². The Balaban J connectivity index is 0.000000215. The number of carbonyl (C=O) groups is 1. The molecule has 0 bridgehead atoms. The summed E-state index contributed by atoms with van der Waals surface area (Å²) in [5, 5.41) is 10.0. The molecule has 0 aromatic heterocycles. The van der Waals surface area contributed by atoms with E-state index in [1.165, 1.54) is 4.90 Å². The van der Waals surface area contributed by atoms with Gasteiger partial charge in [-0.2, -0.15) is 0 Å². The van der Waals surface area contributed by atoms with Gasteiger partial charge >= 0.3 is 5.97 Å². The van der Waals surface area contributed by atoms with E-state index in [0.717, 1.165) is 4.90 Å². The molecule has 2 heterocycles. The van der Waals surface area contributed by atoms with Crippen molar-refractivity contribution in [3.63, 3.8) is 0 Å². The van der Waals surface area contributed by atoms with Crippen molar-refractivity contribution >= 4 is 29.5 Å². The second kappa shape index (κ2) is 16.8. The number of methoxy groups -OCH3 is 2. The van der Waals surface area contributed by atoms with E-state index in [-0.39, 0.29) is 53.1 Å². The highest BCUT2D eigenvalue weighted by Crippen LogP contribution is 2.39. The van der Waals surface area contributed by atoms with Gasteiger partial charge in [-0.25, -0.2) is 4.79 Å². The van der Waals surface area contributed by atoms with Crippen molar-refractivity contribution in [3.8, 4) is 0 Å². The normalized spacial score (nSPS) is 31.8. The highest BCUT2D eigenvalue weighted by Gasteiger charge is 2.45. The van der Waals surface area contributed by atoms with E-state index in [2.05, 4.69) is 38.1 Å². The lowest BCUT2D eigenvalue weighted by Crippen LogP contribution is -2.54. The van der Waals surface area contributed by atoms with E-state index >= 15 is 0 Å². The minimum absolute atomic E-state index is 0.00995. The minimum Gasteiger partial charge on any atom is -0.453 e. The Morgan fingerprint density at radius 1 is 0.636 bits per heavy atom. The van der Waals surface area contributed by atoms with Crippen LogP contribution in [0.25, 0.3) is 0 Å². The monoisotopic (exact) mass is 640 g/mol. The molecule has 1 N–H and O–H groups in total. The largest absolute Gasteiger partial charge is 0.453 e. The van der Waals surface area contributed by atoms with Crippen LogP contribution in [0.3, 0.4) is 0 Å². The van der Waals surface area contributed by atoms with Crippen LogP contribution in [-0.2, 0) is 23.7 Å². The van der Waals surface area contributed by atoms with Crippen molar-refractivity contribution in [1.82, 2.24) is 0 Å². The van der Waals surface area contributed by atoms with Gasteiger partial charge in [-0.05, 0) is 50.2 Å². The summed E-state index contributed by atoms with van der Waals surface area (Å²) in [5.74, 6) is -0.143. The number of ether oxygens (including phenoxy) is 5. The quantitative estimate of drug-likeness (QED) is 0.264. The molecule has 7 nitrogen and oxygen atoms in total. The van der Waals surface area contributed by atoms with Crippen LogP contribution < -0.4 is 0 Å². The first-order valence-corrected chi connectivity index (χ1v) is 16.7. The molecular weight excluding hydrogens is 597 g/mol. The molecule has 2 saturated heterocycles. The van der Waals surface area contributed by atoms with Crippen LogP contribution in [0.5, 0.6) is 0 Å². The maximum atomic E-state index is 12.5. The fraction of sp³-hybridized carbons (Fsp3) is 0.457. The van der Waals surface area contributed by atoms with Crippen LogP contribution in [-0.4, -0.2) is 72.8 Å². The molecule has 238 valence electrons. The Morgan fingerprint density at radius 3 is 1.55 bits per heavy atom. The predicted molar refractivity (Wildman–Crippen MR) is 175 cm³/mol. The SMILES string of the molecule is COC1C(C)C(Sc2ccccc2)OC(C)C1O.COC1C(C)C(Sc2ccccc2)OC(C)C1OC(=O)c1ccccc1. The lowest BCUT2D eigenvalue weighted by molar-refractivity contribution is -0.176. The number of aliphatic hydroxyl groups is 1. The summed E-state index contributed by atoms with van der Waals surface area (Å²) in [5.41, 5.74) is 0.475. The van der Waals surface area contributed by atoms with Crippen molar-refractivity contribution in [2.75, 3.05) is 14.2 Å². The van der Waals surface area contributed by atoms with Crippen LogP contribution in [0, 0.1) is 11.8 Å². The second-order valence-corrected chi connectivity index (χ2v) is 13.5. The van der Waals surface area contributed by atoms with E-state index < -0.39 is 12.2 Å². The molecule has 2 aliphatic rings. The highest BCUT2D eigenvalue weighted by atomic mass is 32.2. The van der Waals surface area contributed by atoms with Crippen molar-refractivity contribution in [2.45, 2.75) is 85.0 Å². The molecule has 2 aliphatic heterocycles. The van der Waals surface area contributed by atoms with Gasteiger partial charge in [0.15, 0.2) is 6.10 Å². The van der Waals surface area contributed by atoms with Gasteiger partial charge in [-0.1, -0.05) is 92.0 Å². The zero-order valence-electron chi connectivity index (χ0n) is 26.1. The summed E-state index contributed by atoms with van der Waals surface area (Å²) in [7, 11) is 3.31. The Labute approximate surface area is 270 Å². The Kier molecular flexibility index (Phi) is 13.2. The van der Waals surface area contributed by atoms with Gasteiger partial charge < -0.3 is 28.8 Å². The molecule has 0 saturated carbocycles. The summed E-state index contributed by atoms with van der Waals surface area (Å²) < 4.78 is 29.0. The summed E-state index contributed by atoms with van der Waals surface area (Å²) in [6, 6.07) is 29.3. The zero-order chi connectivity index (χ0) is 31.6.